The third kappa shape index (κ3) is 2.52. The molecular formula is C16H15N5O2. The molecule has 2 unspecified atom stereocenters. The van der Waals surface area contributed by atoms with Gasteiger partial charge in [0, 0.05) is 24.8 Å². The van der Waals surface area contributed by atoms with Crippen LogP contribution in [0.25, 0.3) is 0 Å². The predicted octanol–water partition coefficient (Wildman–Crippen LogP) is 1.35. The second kappa shape index (κ2) is 5.09. The quantitative estimate of drug-likeness (QED) is 0.916. The summed E-state index contributed by atoms with van der Waals surface area (Å²) in [5.41, 5.74) is 1.24. The Morgan fingerprint density at radius 1 is 1.39 bits per heavy atom. The van der Waals surface area contributed by atoms with Crippen LogP contribution in [-0.2, 0) is 6.54 Å². The summed E-state index contributed by atoms with van der Waals surface area (Å²) < 4.78 is 1.51. The lowest BCUT2D eigenvalue weighted by Crippen LogP contribution is -2.23. The van der Waals surface area contributed by atoms with Crippen molar-refractivity contribution in [1.29, 1.82) is 5.26 Å². The summed E-state index contributed by atoms with van der Waals surface area (Å²) in [4.78, 5) is 17.6. The molecule has 1 aliphatic heterocycles. The molecule has 2 atom stereocenters. The minimum absolute atomic E-state index is 0.129. The Kier molecular flexibility index (Phi) is 3.05. The number of rotatable bonds is 4. The lowest BCUT2D eigenvalue weighted by Gasteiger charge is -2.19. The number of carboxylic acids is 1. The van der Waals surface area contributed by atoms with E-state index < -0.39 is 5.97 Å². The Morgan fingerprint density at radius 3 is 2.83 bits per heavy atom. The highest BCUT2D eigenvalue weighted by molar-refractivity contribution is 5.86. The number of carboxylic acid groups (broad SMARTS) is 1. The molecular weight excluding hydrogens is 294 g/mol. The van der Waals surface area contributed by atoms with E-state index in [1.54, 1.807) is 0 Å². The summed E-state index contributed by atoms with van der Waals surface area (Å²) in [6, 6.07) is 5.95. The van der Waals surface area contributed by atoms with Gasteiger partial charge in [-0.2, -0.15) is 10.4 Å². The fraction of sp³-hybridized carbons (Fsp3) is 0.375. The van der Waals surface area contributed by atoms with Crippen LogP contribution < -0.4 is 4.90 Å². The van der Waals surface area contributed by atoms with Crippen LogP contribution in [0, 0.1) is 23.2 Å². The fourth-order valence-corrected chi connectivity index (χ4v) is 3.20. The van der Waals surface area contributed by atoms with Crippen molar-refractivity contribution in [1.82, 2.24) is 14.8 Å². The van der Waals surface area contributed by atoms with Crippen LogP contribution in [0.4, 0.5) is 5.82 Å². The van der Waals surface area contributed by atoms with Crippen molar-refractivity contribution in [3.8, 4) is 6.07 Å². The van der Waals surface area contributed by atoms with Gasteiger partial charge in [-0.25, -0.2) is 9.78 Å². The van der Waals surface area contributed by atoms with Gasteiger partial charge < -0.3 is 10.0 Å². The lowest BCUT2D eigenvalue weighted by molar-refractivity contribution is 0.0697. The minimum Gasteiger partial charge on any atom is -0.478 e. The molecule has 0 amide bonds. The zero-order valence-corrected chi connectivity index (χ0v) is 12.4. The molecule has 1 aliphatic carbocycles. The zero-order valence-electron chi connectivity index (χ0n) is 12.4. The third-order valence-electron chi connectivity index (χ3n) is 4.59. The molecule has 1 N–H and O–H groups in total. The molecule has 2 aromatic rings. The molecule has 1 saturated heterocycles. The topological polar surface area (TPSA) is 95.0 Å². The number of hydrogen-bond donors (Lipinski definition) is 1. The molecule has 3 heterocycles. The van der Waals surface area contributed by atoms with Crippen molar-refractivity contribution in [2.24, 2.45) is 11.8 Å². The average Bonchev–Trinajstić information content (AvgIpc) is 2.97. The van der Waals surface area contributed by atoms with Crippen molar-refractivity contribution in [2.45, 2.75) is 13.0 Å². The summed E-state index contributed by atoms with van der Waals surface area (Å²) >= 11 is 0. The van der Waals surface area contributed by atoms with E-state index in [0.29, 0.717) is 12.2 Å². The Balaban J connectivity index is 1.56. The second-order valence-electron chi connectivity index (χ2n) is 6.18. The predicted molar refractivity (Wildman–Crippen MR) is 81.1 cm³/mol. The molecule has 116 valence electrons. The maximum atomic E-state index is 10.9. The number of piperidine rings is 1. The number of nitrogens with zero attached hydrogens (tertiary/aromatic N) is 5. The number of hydrogen-bond acceptors (Lipinski definition) is 5. The van der Waals surface area contributed by atoms with E-state index in [2.05, 4.69) is 21.1 Å². The Morgan fingerprint density at radius 2 is 2.17 bits per heavy atom. The van der Waals surface area contributed by atoms with Gasteiger partial charge in [-0.3, -0.25) is 4.68 Å². The summed E-state index contributed by atoms with van der Waals surface area (Å²) in [7, 11) is 0. The first kappa shape index (κ1) is 13.8. The van der Waals surface area contributed by atoms with E-state index in [4.69, 9.17) is 5.11 Å². The molecule has 7 heteroatoms. The van der Waals surface area contributed by atoms with Crippen molar-refractivity contribution in [3.05, 3.63) is 41.3 Å². The molecule has 0 radical (unpaired) electrons. The number of pyridine rings is 1. The number of fused-ring (bicyclic) bond motifs is 1. The highest BCUT2D eigenvalue weighted by Crippen LogP contribution is 2.45. The van der Waals surface area contributed by atoms with Crippen LogP contribution in [-0.4, -0.2) is 38.9 Å². The SMILES string of the molecule is N#Cc1nc(N2CC3CC3C2)ccc1Cn1cc(C(=O)O)cn1. The van der Waals surface area contributed by atoms with Crippen LogP contribution in [0.5, 0.6) is 0 Å². The fourth-order valence-electron chi connectivity index (χ4n) is 3.20. The number of anilines is 1. The van der Waals surface area contributed by atoms with Gasteiger partial charge in [0.1, 0.15) is 17.6 Å². The number of aromatic nitrogens is 3. The maximum Gasteiger partial charge on any atom is 0.338 e. The van der Waals surface area contributed by atoms with Gasteiger partial charge in [0.2, 0.25) is 0 Å². The van der Waals surface area contributed by atoms with E-state index in [9.17, 15) is 10.1 Å². The molecule has 0 bridgehead atoms. The molecule has 2 fully saturated rings. The zero-order chi connectivity index (χ0) is 16.0. The Hall–Kier alpha value is -2.88. The van der Waals surface area contributed by atoms with Gasteiger partial charge in [0.25, 0.3) is 0 Å². The summed E-state index contributed by atoms with van der Waals surface area (Å²) in [6.07, 6.45) is 4.07. The normalized spacial score (nSPS) is 21.8. The third-order valence-corrected chi connectivity index (χ3v) is 4.59. The highest BCUT2D eigenvalue weighted by Gasteiger charge is 2.45. The molecule has 23 heavy (non-hydrogen) atoms. The molecule has 0 spiro atoms. The lowest BCUT2D eigenvalue weighted by atomic mass is 10.2. The smallest absolute Gasteiger partial charge is 0.338 e. The van der Waals surface area contributed by atoms with Gasteiger partial charge in [-0.05, 0) is 24.3 Å². The number of carbonyl (C=O) groups is 1. The number of aromatic carboxylic acids is 1. The van der Waals surface area contributed by atoms with Gasteiger partial charge in [0.15, 0.2) is 0 Å². The minimum atomic E-state index is -1.02. The summed E-state index contributed by atoms with van der Waals surface area (Å²) in [5, 5.41) is 22.3. The standard InChI is InChI=1S/C16H15N5O2/c17-4-14-10(8-21-9-13(5-18-21)16(22)23)1-2-15(19-14)20-6-11-3-12(11)7-20/h1-2,5,9,11-12H,3,6-8H2,(H,22,23). The van der Waals surface area contributed by atoms with E-state index >= 15 is 0 Å². The van der Waals surface area contributed by atoms with Crippen molar-refractivity contribution >= 4 is 11.8 Å². The van der Waals surface area contributed by atoms with Gasteiger partial charge in [-0.15, -0.1) is 0 Å². The monoisotopic (exact) mass is 309 g/mol. The summed E-state index contributed by atoms with van der Waals surface area (Å²) in [6.45, 7) is 2.39. The number of nitriles is 1. The first-order chi connectivity index (χ1) is 11.1. The Labute approximate surface area is 132 Å². The molecule has 1 saturated carbocycles. The molecule has 2 aromatic heterocycles. The molecule has 4 rings (SSSR count). The Bertz CT molecular complexity index is 812. The van der Waals surface area contributed by atoms with E-state index in [0.717, 1.165) is 36.3 Å². The second-order valence-corrected chi connectivity index (χ2v) is 6.18. The van der Waals surface area contributed by atoms with Gasteiger partial charge in [-0.1, -0.05) is 6.07 Å². The van der Waals surface area contributed by atoms with Crippen molar-refractivity contribution in [2.75, 3.05) is 18.0 Å². The maximum absolute atomic E-state index is 10.9. The van der Waals surface area contributed by atoms with E-state index in [1.807, 2.05) is 12.1 Å². The van der Waals surface area contributed by atoms with Crippen LogP contribution in [0.1, 0.15) is 28.0 Å². The first-order valence-corrected chi connectivity index (χ1v) is 7.55. The molecule has 2 aliphatic rings. The van der Waals surface area contributed by atoms with Crippen LogP contribution in [0.2, 0.25) is 0 Å². The largest absolute Gasteiger partial charge is 0.478 e. The summed E-state index contributed by atoms with van der Waals surface area (Å²) in [5.74, 6) is 1.45. The van der Waals surface area contributed by atoms with E-state index in [1.165, 1.54) is 23.5 Å². The van der Waals surface area contributed by atoms with E-state index in [-0.39, 0.29) is 5.56 Å². The van der Waals surface area contributed by atoms with Crippen LogP contribution in [0.15, 0.2) is 24.5 Å². The van der Waals surface area contributed by atoms with Crippen LogP contribution in [0.3, 0.4) is 0 Å². The average molecular weight is 309 g/mol. The molecule has 7 nitrogen and oxygen atoms in total. The molecule has 0 aromatic carbocycles. The van der Waals surface area contributed by atoms with Gasteiger partial charge in [0.05, 0.1) is 18.3 Å². The van der Waals surface area contributed by atoms with Crippen LogP contribution >= 0.6 is 0 Å². The van der Waals surface area contributed by atoms with Crippen molar-refractivity contribution < 1.29 is 9.90 Å². The first-order valence-electron chi connectivity index (χ1n) is 7.55. The van der Waals surface area contributed by atoms with Gasteiger partial charge >= 0.3 is 5.97 Å². The highest BCUT2D eigenvalue weighted by atomic mass is 16.4. The van der Waals surface area contributed by atoms with Crippen molar-refractivity contribution in [3.63, 3.8) is 0 Å².